The lowest BCUT2D eigenvalue weighted by molar-refractivity contribution is -0.0813. The largest absolute Gasteiger partial charge is 0.250 e. The average Bonchev–Trinajstić information content (AvgIpc) is 1.79. The summed E-state index contributed by atoms with van der Waals surface area (Å²) in [5.41, 5.74) is -0.262. The van der Waals surface area contributed by atoms with Crippen molar-refractivity contribution < 1.29 is 8.78 Å². The van der Waals surface area contributed by atoms with Crippen molar-refractivity contribution >= 4 is 0 Å². The molecular formula is C12H24F2. The Labute approximate surface area is 87.1 Å². The van der Waals surface area contributed by atoms with E-state index in [1.54, 1.807) is 13.8 Å². The average molecular weight is 206 g/mol. The Hall–Kier alpha value is -0.140. The van der Waals surface area contributed by atoms with E-state index >= 15 is 0 Å². The molecule has 0 unspecified atom stereocenters. The van der Waals surface area contributed by atoms with Gasteiger partial charge in [-0.1, -0.05) is 41.5 Å². The molecule has 0 aromatic heterocycles. The van der Waals surface area contributed by atoms with Crippen molar-refractivity contribution in [1.82, 2.24) is 0 Å². The highest BCUT2D eigenvalue weighted by Gasteiger charge is 2.39. The lowest BCUT2D eigenvalue weighted by Gasteiger charge is -2.32. The highest BCUT2D eigenvalue weighted by Crippen LogP contribution is 2.40. The fraction of sp³-hybridized carbons (Fsp3) is 1.00. The van der Waals surface area contributed by atoms with Crippen molar-refractivity contribution in [3.05, 3.63) is 0 Å². The number of hydrogen-bond donors (Lipinski definition) is 0. The first-order valence-electron chi connectivity index (χ1n) is 5.44. The van der Waals surface area contributed by atoms with Gasteiger partial charge in [0.1, 0.15) is 0 Å². The molecular weight excluding hydrogens is 182 g/mol. The number of alkyl halides is 2. The van der Waals surface area contributed by atoms with Crippen LogP contribution in [-0.4, -0.2) is 5.92 Å². The summed E-state index contributed by atoms with van der Waals surface area (Å²) >= 11 is 0. The summed E-state index contributed by atoms with van der Waals surface area (Å²) in [5.74, 6) is -2.61. The van der Waals surface area contributed by atoms with Crippen molar-refractivity contribution in [3.8, 4) is 0 Å². The smallest absolute Gasteiger partial charge is 0.207 e. The molecule has 0 saturated carbocycles. The van der Waals surface area contributed by atoms with E-state index in [0.29, 0.717) is 5.92 Å². The first-order chi connectivity index (χ1) is 6.07. The van der Waals surface area contributed by atoms with E-state index < -0.39 is 11.8 Å². The Balaban J connectivity index is 4.34. The number of rotatable bonds is 5. The molecule has 0 atom stereocenters. The SMILES string of the molecule is CC(C)CC(C)(C)CC(F)(F)C(C)C. The van der Waals surface area contributed by atoms with Gasteiger partial charge in [0.05, 0.1) is 0 Å². The van der Waals surface area contributed by atoms with Gasteiger partial charge in [-0.25, -0.2) is 8.78 Å². The fourth-order valence-corrected chi connectivity index (χ4v) is 2.02. The minimum atomic E-state index is -2.53. The monoisotopic (exact) mass is 206 g/mol. The fourth-order valence-electron chi connectivity index (χ4n) is 2.02. The van der Waals surface area contributed by atoms with Gasteiger partial charge in [0, 0.05) is 12.3 Å². The molecule has 0 aliphatic heterocycles. The summed E-state index contributed by atoms with van der Waals surface area (Å²) in [4.78, 5) is 0. The van der Waals surface area contributed by atoms with Gasteiger partial charge in [-0.3, -0.25) is 0 Å². The molecule has 0 aliphatic rings. The molecule has 0 bridgehead atoms. The Morgan fingerprint density at radius 1 is 1.00 bits per heavy atom. The zero-order chi connectivity index (χ0) is 11.6. The molecule has 0 N–H and O–H groups in total. The van der Waals surface area contributed by atoms with Gasteiger partial charge in [0.15, 0.2) is 0 Å². The van der Waals surface area contributed by atoms with E-state index in [9.17, 15) is 8.78 Å². The molecule has 0 fully saturated rings. The Bertz CT molecular complexity index is 169. The molecule has 0 spiro atoms. The summed E-state index contributed by atoms with van der Waals surface area (Å²) in [6.45, 7) is 11.2. The van der Waals surface area contributed by atoms with Gasteiger partial charge >= 0.3 is 0 Å². The van der Waals surface area contributed by atoms with Gasteiger partial charge in [-0.2, -0.15) is 0 Å². The van der Waals surface area contributed by atoms with E-state index in [0.717, 1.165) is 6.42 Å². The maximum Gasteiger partial charge on any atom is 0.250 e. The van der Waals surface area contributed by atoms with E-state index in [-0.39, 0.29) is 11.8 Å². The van der Waals surface area contributed by atoms with E-state index in [2.05, 4.69) is 13.8 Å². The predicted octanol–water partition coefficient (Wildman–Crippen LogP) is 4.74. The highest BCUT2D eigenvalue weighted by atomic mass is 19.3. The van der Waals surface area contributed by atoms with Crippen LogP contribution in [0.5, 0.6) is 0 Å². The molecule has 14 heavy (non-hydrogen) atoms. The Morgan fingerprint density at radius 3 is 1.71 bits per heavy atom. The third-order valence-electron chi connectivity index (χ3n) is 2.52. The quantitative estimate of drug-likeness (QED) is 0.609. The molecule has 0 aromatic carbocycles. The summed E-state index contributed by atoms with van der Waals surface area (Å²) < 4.78 is 27.0. The maximum absolute atomic E-state index is 13.5. The minimum Gasteiger partial charge on any atom is -0.207 e. The lowest BCUT2D eigenvalue weighted by atomic mass is 9.77. The molecule has 86 valence electrons. The lowest BCUT2D eigenvalue weighted by Crippen LogP contribution is -2.31. The standard InChI is InChI=1S/C12H24F2/c1-9(2)7-11(5,6)8-12(13,14)10(3)4/h9-10H,7-8H2,1-6H3. The van der Waals surface area contributed by atoms with Gasteiger partial charge in [-0.15, -0.1) is 0 Å². The second kappa shape index (κ2) is 4.59. The molecule has 0 nitrogen and oxygen atoms in total. The highest BCUT2D eigenvalue weighted by molar-refractivity contribution is 4.81. The molecule has 0 heterocycles. The van der Waals surface area contributed by atoms with Gasteiger partial charge in [-0.05, 0) is 17.8 Å². The van der Waals surface area contributed by atoms with Crippen molar-refractivity contribution in [2.75, 3.05) is 0 Å². The number of hydrogen-bond acceptors (Lipinski definition) is 0. The second-order valence-electron chi connectivity index (χ2n) is 5.85. The van der Waals surface area contributed by atoms with Crippen LogP contribution >= 0.6 is 0 Å². The zero-order valence-corrected chi connectivity index (χ0v) is 10.3. The van der Waals surface area contributed by atoms with Crippen molar-refractivity contribution in [3.63, 3.8) is 0 Å². The summed E-state index contributed by atoms with van der Waals surface area (Å²) in [6, 6.07) is 0. The normalized spacial score (nSPS) is 14.1. The first-order valence-corrected chi connectivity index (χ1v) is 5.44. The first kappa shape index (κ1) is 13.9. The van der Waals surface area contributed by atoms with Crippen molar-refractivity contribution in [2.24, 2.45) is 17.3 Å². The Morgan fingerprint density at radius 2 is 1.43 bits per heavy atom. The second-order valence-corrected chi connectivity index (χ2v) is 5.85. The van der Waals surface area contributed by atoms with Crippen LogP contribution in [0.3, 0.4) is 0 Å². The molecule has 0 saturated heterocycles. The summed E-state index contributed by atoms with van der Waals surface area (Å²) in [5, 5.41) is 0. The topological polar surface area (TPSA) is 0 Å². The van der Waals surface area contributed by atoms with Crippen LogP contribution in [0.1, 0.15) is 54.4 Å². The molecule has 0 radical (unpaired) electrons. The van der Waals surface area contributed by atoms with Gasteiger partial charge in [0.25, 0.3) is 5.92 Å². The summed E-state index contributed by atoms with van der Waals surface area (Å²) in [7, 11) is 0. The van der Waals surface area contributed by atoms with Gasteiger partial charge < -0.3 is 0 Å². The minimum absolute atomic E-state index is 0.00412. The van der Waals surface area contributed by atoms with Crippen molar-refractivity contribution in [2.45, 2.75) is 60.3 Å². The molecule has 0 amide bonds. The van der Waals surface area contributed by atoms with Crippen LogP contribution in [0, 0.1) is 17.3 Å². The van der Waals surface area contributed by atoms with E-state index in [1.165, 1.54) is 0 Å². The molecule has 0 rings (SSSR count). The van der Waals surface area contributed by atoms with Crippen LogP contribution in [0.25, 0.3) is 0 Å². The van der Waals surface area contributed by atoms with Crippen LogP contribution in [0.15, 0.2) is 0 Å². The van der Waals surface area contributed by atoms with Crippen molar-refractivity contribution in [1.29, 1.82) is 0 Å². The van der Waals surface area contributed by atoms with Crippen LogP contribution in [-0.2, 0) is 0 Å². The van der Waals surface area contributed by atoms with E-state index in [1.807, 2.05) is 13.8 Å². The summed E-state index contributed by atoms with van der Waals surface area (Å²) in [6.07, 6.45) is 0.852. The van der Waals surface area contributed by atoms with E-state index in [4.69, 9.17) is 0 Å². The zero-order valence-electron chi connectivity index (χ0n) is 10.3. The van der Waals surface area contributed by atoms with Crippen LogP contribution < -0.4 is 0 Å². The van der Waals surface area contributed by atoms with Crippen LogP contribution in [0.2, 0.25) is 0 Å². The maximum atomic E-state index is 13.5. The third-order valence-corrected chi connectivity index (χ3v) is 2.52. The molecule has 2 heteroatoms. The number of halogens is 2. The van der Waals surface area contributed by atoms with Crippen LogP contribution in [0.4, 0.5) is 8.78 Å². The molecule has 0 aliphatic carbocycles. The third kappa shape index (κ3) is 4.92. The Kier molecular flexibility index (Phi) is 4.54. The van der Waals surface area contributed by atoms with Gasteiger partial charge in [0.2, 0.25) is 0 Å². The predicted molar refractivity (Wildman–Crippen MR) is 57.6 cm³/mol. The molecule has 0 aromatic rings.